The second kappa shape index (κ2) is 10.8. The van der Waals surface area contributed by atoms with E-state index >= 15 is 0 Å². The van der Waals surface area contributed by atoms with E-state index in [2.05, 4.69) is 43.4 Å². The van der Waals surface area contributed by atoms with E-state index < -0.39 is 6.04 Å². The van der Waals surface area contributed by atoms with Crippen molar-refractivity contribution >= 4 is 11.6 Å². The van der Waals surface area contributed by atoms with Crippen molar-refractivity contribution in [3.63, 3.8) is 0 Å². The van der Waals surface area contributed by atoms with Crippen molar-refractivity contribution in [3.8, 4) is 17.1 Å². The zero-order chi connectivity index (χ0) is 24.9. The number of nitrogens with one attached hydrogen (secondary N) is 1. The Morgan fingerprint density at radius 3 is 2.43 bits per heavy atom. The molecule has 2 amide bonds. The number of carbonyl (C=O) groups excluding carboxylic acids is 1. The first-order valence-corrected chi connectivity index (χ1v) is 12.4. The van der Waals surface area contributed by atoms with Crippen molar-refractivity contribution in [2.45, 2.75) is 53.5 Å². The highest BCUT2D eigenvalue weighted by molar-refractivity contribution is 5.86. The number of amides is 2. The van der Waals surface area contributed by atoms with Gasteiger partial charge in [-0.1, -0.05) is 62.3 Å². The van der Waals surface area contributed by atoms with Crippen molar-refractivity contribution in [1.82, 2.24) is 20.4 Å². The van der Waals surface area contributed by atoms with Gasteiger partial charge in [-0.25, -0.2) is 4.79 Å². The minimum atomic E-state index is -0.413. The quantitative estimate of drug-likeness (QED) is 0.397. The number of urea groups is 1. The molecule has 7 heteroatoms. The summed E-state index contributed by atoms with van der Waals surface area (Å²) >= 11 is 0. The maximum atomic E-state index is 13.1. The van der Waals surface area contributed by atoms with Gasteiger partial charge in [0.25, 0.3) is 5.89 Å². The molecule has 184 valence electrons. The van der Waals surface area contributed by atoms with Crippen LogP contribution < -0.4 is 10.1 Å². The summed E-state index contributed by atoms with van der Waals surface area (Å²) < 4.78 is 11.4. The molecule has 1 aliphatic rings. The SMILES string of the molecule is CCOc1ccc(C2NC(=O)N(CCC(C)C)C(C)=C2c2nc(-c3ccc(CC)cc3)no2)cc1. The molecule has 1 aliphatic heterocycles. The molecule has 1 atom stereocenters. The number of nitrogens with zero attached hydrogens (tertiary/aromatic N) is 3. The third-order valence-electron chi connectivity index (χ3n) is 6.33. The zero-order valence-corrected chi connectivity index (χ0v) is 21.2. The van der Waals surface area contributed by atoms with E-state index in [4.69, 9.17) is 14.2 Å². The van der Waals surface area contributed by atoms with Gasteiger partial charge in [0.05, 0.1) is 18.2 Å². The predicted molar refractivity (Wildman–Crippen MR) is 137 cm³/mol. The number of hydrogen-bond acceptors (Lipinski definition) is 5. The molecule has 3 aromatic rings. The topological polar surface area (TPSA) is 80.5 Å². The molecule has 4 rings (SSSR count). The number of rotatable bonds is 9. The van der Waals surface area contributed by atoms with Crippen LogP contribution in [0.2, 0.25) is 0 Å². The Hall–Kier alpha value is -3.61. The molecule has 2 aromatic carbocycles. The smallest absolute Gasteiger partial charge is 0.322 e. The fourth-order valence-corrected chi connectivity index (χ4v) is 4.23. The highest BCUT2D eigenvalue weighted by Crippen LogP contribution is 2.38. The number of aromatic nitrogens is 2. The Labute approximate surface area is 207 Å². The molecule has 0 bridgehead atoms. The predicted octanol–water partition coefficient (Wildman–Crippen LogP) is 6.24. The number of aryl methyl sites for hydroxylation is 1. The normalized spacial score (nSPS) is 16.1. The van der Waals surface area contributed by atoms with Gasteiger partial charge in [-0.15, -0.1) is 0 Å². The fraction of sp³-hybridized carbons (Fsp3) is 0.393. The number of hydrogen-bond donors (Lipinski definition) is 1. The molecular weight excluding hydrogens is 440 g/mol. The fourth-order valence-electron chi connectivity index (χ4n) is 4.23. The zero-order valence-electron chi connectivity index (χ0n) is 21.2. The number of benzene rings is 2. The van der Waals surface area contributed by atoms with Gasteiger partial charge in [0.1, 0.15) is 5.75 Å². The Morgan fingerprint density at radius 1 is 1.09 bits per heavy atom. The summed E-state index contributed by atoms with van der Waals surface area (Å²) in [4.78, 5) is 19.7. The van der Waals surface area contributed by atoms with Crippen LogP contribution in [0.25, 0.3) is 17.0 Å². The van der Waals surface area contributed by atoms with Crippen LogP contribution in [0.5, 0.6) is 5.75 Å². The van der Waals surface area contributed by atoms with Crippen LogP contribution in [0.4, 0.5) is 4.79 Å². The Morgan fingerprint density at radius 2 is 1.80 bits per heavy atom. The first-order valence-electron chi connectivity index (χ1n) is 12.4. The van der Waals surface area contributed by atoms with E-state index in [9.17, 15) is 4.79 Å². The lowest BCUT2D eigenvalue weighted by atomic mass is 9.94. The Bertz CT molecular complexity index is 1180. The molecule has 1 aromatic heterocycles. The summed E-state index contributed by atoms with van der Waals surface area (Å²) in [5, 5.41) is 7.43. The van der Waals surface area contributed by atoms with Gasteiger partial charge >= 0.3 is 6.03 Å². The van der Waals surface area contributed by atoms with Crippen molar-refractivity contribution in [2.75, 3.05) is 13.2 Å². The largest absolute Gasteiger partial charge is 0.494 e. The Kier molecular flexibility index (Phi) is 7.54. The van der Waals surface area contributed by atoms with Crippen LogP contribution in [0.3, 0.4) is 0 Å². The Balaban J connectivity index is 1.74. The average Bonchev–Trinajstić information content (AvgIpc) is 3.34. The molecule has 1 N–H and O–H groups in total. The molecule has 35 heavy (non-hydrogen) atoms. The van der Waals surface area contributed by atoms with Gasteiger partial charge in [-0.05, 0) is 55.9 Å². The van der Waals surface area contributed by atoms with Crippen LogP contribution >= 0.6 is 0 Å². The third-order valence-corrected chi connectivity index (χ3v) is 6.33. The molecule has 7 nitrogen and oxygen atoms in total. The molecular formula is C28H34N4O3. The second-order valence-corrected chi connectivity index (χ2v) is 9.19. The molecule has 0 saturated carbocycles. The highest BCUT2D eigenvalue weighted by atomic mass is 16.5. The van der Waals surface area contributed by atoms with Crippen LogP contribution in [0.1, 0.15) is 64.1 Å². The maximum absolute atomic E-state index is 13.1. The number of carbonyl (C=O) groups is 1. The molecule has 0 saturated heterocycles. The van der Waals surface area contributed by atoms with E-state index in [1.807, 2.05) is 50.2 Å². The van der Waals surface area contributed by atoms with Crippen molar-refractivity contribution in [2.24, 2.45) is 5.92 Å². The van der Waals surface area contributed by atoms with E-state index in [1.165, 1.54) is 5.56 Å². The van der Waals surface area contributed by atoms with Crippen LogP contribution in [-0.2, 0) is 6.42 Å². The van der Waals surface area contributed by atoms with E-state index in [0.717, 1.165) is 41.0 Å². The second-order valence-electron chi connectivity index (χ2n) is 9.19. The molecule has 1 unspecified atom stereocenters. The van der Waals surface area contributed by atoms with Gasteiger partial charge in [0.2, 0.25) is 5.82 Å². The lowest BCUT2D eigenvalue weighted by Gasteiger charge is -2.35. The molecule has 2 heterocycles. The van der Waals surface area contributed by atoms with E-state index in [1.54, 1.807) is 4.90 Å². The van der Waals surface area contributed by atoms with Crippen LogP contribution in [0, 0.1) is 5.92 Å². The summed E-state index contributed by atoms with van der Waals surface area (Å²) in [5.74, 6) is 2.20. The maximum Gasteiger partial charge on any atom is 0.322 e. The summed E-state index contributed by atoms with van der Waals surface area (Å²) in [7, 11) is 0. The average molecular weight is 475 g/mol. The van der Waals surface area contributed by atoms with Crippen molar-refractivity contribution in [3.05, 3.63) is 71.2 Å². The van der Waals surface area contributed by atoms with Crippen LogP contribution in [-0.4, -0.2) is 34.2 Å². The lowest BCUT2D eigenvalue weighted by molar-refractivity contribution is 0.202. The standard InChI is InChI=1S/C28H34N4O3/c1-6-20-8-10-22(11-9-20)26-30-27(35-31-26)24-19(5)32(17-16-18(3)4)28(33)29-25(24)21-12-14-23(15-13-21)34-7-2/h8-15,18,25H,6-7,16-17H2,1-5H3,(H,29,33). The molecule has 0 aliphatic carbocycles. The van der Waals surface area contributed by atoms with Crippen molar-refractivity contribution in [1.29, 1.82) is 0 Å². The molecule has 0 fully saturated rings. The van der Waals surface area contributed by atoms with Gasteiger partial charge in [0, 0.05) is 17.8 Å². The first-order chi connectivity index (χ1) is 16.9. The lowest BCUT2D eigenvalue weighted by Crippen LogP contribution is -2.46. The summed E-state index contributed by atoms with van der Waals surface area (Å²) in [6, 6.07) is 15.4. The number of allylic oxidation sites excluding steroid dienone is 1. The van der Waals surface area contributed by atoms with Gasteiger partial charge in [-0.3, -0.25) is 4.90 Å². The summed E-state index contributed by atoms with van der Waals surface area (Å²) in [5.41, 5.74) is 4.70. The first kappa shape index (κ1) is 24.5. The summed E-state index contributed by atoms with van der Waals surface area (Å²) in [6.45, 7) is 11.5. The van der Waals surface area contributed by atoms with E-state index in [0.29, 0.717) is 30.8 Å². The van der Waals surface area contributed by atoms with Gasteiger partial charge < -0.3 is 14.6 Å². The van der Waals surface area contributed by atoms with Gasteiger partial charge in [0.15, 0.2) is 0 Å². The third kappa shape index (κ3) is 5.39. The minimum absolute atomic E-state index is 0.124. The highest BCUT2D eigenvalue weighted by Gasteiger charge is 2.35. The molecule has 0 radical (unpaired) electrons. The van der Waals surface area contributed by atoms with Crippen molar-refractivity contribution < 1.29 is 14.1 Å². The van der Waals surface area contributed by atoms with Gasteiger partial charge in [-0.2, -0.15) is 4.98 Å². The molecule has 0 spiro atoms. The summed E-state index contributed by atoms with van der Waals surface area (Å²) in [6.07, 6.45) is 1.87. The monoisotopic (exact) mass is 474 g/mol. The minimum Gasteiger partial charge on any atom is -0.494 e. The van der Waals surface area contributed by atoms with E-state index in [-0.39, 0.29) is 6.03 Å². The van der Waals surface area contributed by atoms with Crippen LogP contribution in [0.15, 0.2) is 58.8 Å². The number of ether oxygens (including phenoxy) is 1.